The summed E-state index contributed by atoms with van der Waals surface area (Å²) in [6, 6.07) is -1.92. The molecule has 2 atom stereocenters. The maximum absolute atomic E-state index is 13.5. The molecule has 0 bridgehead atoms. The zero-order chi connectivity index (χ0) is 25.2. The highest BCUT2D eigenvalue weighted by atomic mass is 16.5. The van der Waals surface area contributed by atoms with E-state index < -0.39 is 30.1 Å². The average molecular weight is 501 g/mol. The standard InChI is InChI=1S/C22H40N6O7/c1-17(2)18(19(29)20(30)23-3-4-25-5-11-33-12-6-25)28(22(32)27-9-15-35-16-10-27)24-21(31)26-7-13-34-14-8-26/h17-19,29H,3-16H2,1-2H3,(H,23,30)(H,24,31)/t18-,19?/m1/s1. The van der Waals surface area contributed by atoms with E-state index in [1.807, 2.05) is 0 Å². The van der Waals surface area contributed by atoms with Gasteiger partial charge in [0.15, 0.2) is 6.10 Å². The fraction of sp³-hybridized carbons (Fsp3) is 0.864. The van der Waals surface area contributed by atoms with Crippen LogP contribution in [0.25, 0.3) is 0 Å². The third kappa shape index (κ3) is 7.90. The highest BCUT2D eigenvalue weighted by Crippen LogP contribution is 2.17. The lowest BCUT2D eigenvalue weighted by molar-refractivity contribution is -0.134. The number of aliphatic hydroxyl groups excluding tert-OH is 1. The number of ether oxygens (including phenoxy) is 3. The Balaban J connectivity index is 1.69. The van der Waals surface area contributed by atoms with Gasteiger partial charge in [0, 0.05) is 52.4 Å². The Labute approximate surface area is 206 Å². The molecule has 0 saturated carbocycles. The van der Waals surface area contributed by atoms with Crippen molar-refractivity contribution in [1.82, 2.24) is 30.5 Å². The number of hydrogen-bond acceptors (Lipinski definition) is 8. The first-order valence-corrected chi connectivity index (χ1v) is 12.4. The number of morpholine rings is 3. The first kappa shape index (κ1) is 27.4. The maximum Gasteiger partial charge on any atom is 0.339 e. The predicted molar refractivity (Wildman–Crippen MR) is 125 cm³/mol. The molecule has 3 N–H and O–H groups in total. The molecule has 0 aromatic heterocycles. The van der Waals surface area contributed by atoms with Gasteiger partial charge < -0.3 is 34.4 Å². The fourth-order valence-electron chi connectivity index (χ4n) is 4.32. The second-order valence-corrected chi connectivity index (χ2v) is 9.19. The molecule has 200 valence electrons. The second kappa shape index (κ2) is 13.8. The molecule has 0 aromatic rings. The quantitative estimate of drug-likeness (QED) is 0.361. The SMILES string of the molecule is CC(C)[C@H](C(O)C(=O)NCCN1CCOCC1)N(NC(=O)N1CCOCC1)C(=O)N1CCOCC1. The Morgan fingerprint density at radius 2 is 1.37 bits per heavy atom. The van der Waals surface area contributed by atoms with Gasteiger partial charge in [-0.2, -0.15) is 0 Å². The number of nitrogens with zero attached hydrogens (tertiary/aromatic N) is 4. The van der Waals surface area contributed by atoms with Crippen LogP contribution in [0.5, 0.6) is 0 Å². The van der Waals surface area contributed by atoms with Crippen LogP contribution in [0.4, 0.5) is 9.59 Å². The van der Waals surface area contributed by atoms with Gasteiger partial charge in [-0.15, -0.1) is 0 Å². The molecule has 5 amide bonds. The number of carbonyl (C=O) groups excluding carboxylic acids is 3. The van der Waals surface area contributed by atoms with E-state index in [0.29, 0.717) is 78.9 Å². The van der Waals surface area contributed by atoms with E-state index in [1.165, 1.54) is 0 Å². The van der Waals surface area contributed by atoms with Crippen molar-refractivity contribution < 1.29 is 33.7 Å². The minimum Gasteiger partial charge on any atom is -0.381 e. The van der Waals surface area contributed by atoms with Gasteiger partial charge in [-0.1, -0.05) is 13.8 Å². The van der Waals surface area contributed by atoms with Crippen molar-refractivity contribution in [3.63, 3.8) is 0 Å². The first-order valence-electron chi connectivity index (χ1n) is 12.4. The lowest BCUT2D eigenvalue weighted by Crippen LogP contribution is -2.66. The van der Waals surface area contributed by atoms with Gasteiger partial charge in [-0.25, -0.2) is 20.0 Å². The molecule has 0 aliphatic carbocycles. The minimum absolute atomic E-state index is 0.329. The van der Waals surface area contributed by atoms with Crippen molar-refractivity contribution in [1.29, 1.82) is 0 Å². The van der Waals surface area contributed by atoms with Gasteiger partial charge in [0.25, 0.3) is 5.91 Å². The summed E-state index contributed by atoms with van der Waals surface area (Å²) >= 11 is 0. The Hall–Kier alpha value is -2.19. The lowest BCUT2D eigenvalue weighted by Gasteiger charge is -2.41. The lowest BCUT2D eigenvalue weighted by atomic mass is 9.97. The van der Waals surface area contributed by atoms with E-state index in [9.17, 15) is 19.5 Å². The Morgan fingerprint density at radius 1 is 0.857 bits per heavy atom. The molecule has 3 rings (SSSR count). The third-order valence-electron chi connectivity index (χ3n) is 6.41. The summed E-state index contributed by atoms with van der Waals surface area (Å²) in [4.78, 5) is 44.7. The maximum atomic E-state index is 13.5. The molecule has 0 aromatic carbocycles. The van der Waals surface area contributed by atoms with Crippen molar-refractivity contribution in [2.45, 2.75) is 26.0 Å². The number of carbonyl (C=O) groups is 3. The van der Waals surface area contributed by atoms with E-state index in [4.69, 9.17) is 14.2 Å². The van der Waals surface area contributed by atoms with Gasteiger partial charge in [-0.05, 0) is 5.92 Å². The number of aliphatic hydroxyl groups is 1. The summed E-state index contributed by atoms with van der Waals surface area (Å²) in [7, 11) is 0. The van der Waals surface area contributed by atoms with Crippen LogP contribution < -0.4 is 10.7 Å². The molecule has 0 radical (unpaired) electrons. The van der Waals surface area contributed by atoms with Crippen LogP contribution >= 0.6 is 0 Å². The fourth-order valence-corrected chi connectivity index (χ4v) is 4.32. The summed E-state index contributed by atoms with van der Waals surface area (Å²) in [6.45, 7) is 10.6. The number of hydrazine groups is 1. The van der Waals surface area contributed by atoms with Gasteiger partial charge in [0.05, 0.1) is 45.7 Å². The topological polar surface area (TPSA) is 136 Å². The summed E-state index contributed by atoms with van der Waals surface area (Å²) in [5, 5.41) is 15.0. The van der Waals surface area contributed by atoms with Crippen molar-refractivity contribution in [3.8, 4) is 0 Å². The van der Waals surface area contributed by atoms with E-state index in [1.54, 1.807) is 23.6 Å². The molecule has 0 spiro atoms. The van der Waals surface area contributed by atoms with Crippen LogP contribution in [0.3, 0.4) is 0 Å². The van der Waals surface area contributed by atoms with Gasteiger partial charge in [0.2, 0.25) is 0 Å². The molecule has 3 aliphatic heterocycles. The van der Waals surface area contributed by atoms with E-state index in [2.05, 4.69) is 15.6 Å². The molecular weight excluding hydrogens is 460 g/mol. The summed E-state index contributed by atoms with van der Waals surface area (Å²) in [5.74, 6) is -0.915. The molecule has 13 heteroatoms. The van der Waals surface area contributed by atoms with Crippen LogP contribution in [0.1, 0.15) is 13.8 Å². The summed E-state index contributed by atoms with van der Waals surface area (Å²) in [5.41, 5.74) is 2.68. The second-order valence-electron chi connectivity index (χ2n) is 9.19. The van der Waals surface area contributed by atoms with Crippen molar-refractivity contribution >= 4 is 18.0 Å². The van der Waals surface area contributed by atoms with E-state index in [-0.39, 0.29) is 5.92 Å². The Kier molecular flexibility index (Phi) is 10.8. The summed E-state index contributed by atoms with van der Waals surface area (Å²) < 4.78 is 16.0. The number of nitrogens with one attached hydrogen (secondary N) is 2. The molecule has 1 unspecified atom stereocenters. The largest absolute Gasteiger partial charge is 0.381 e. The number of hydrogen-bond donors (Lipinski definition) is 3. The van der Waals surface area contributed by atoms with Crippen LogP contribution in [0.15, 0.2) is 0 Å². The van der Waals surface area contributed by atoms with Gasteiger partial charge in [0.1, 0.15) is 0 Å². The van der Waals surface area contributed by atoms with Crippen LogP contribution in [0, 0.1) is 5.92 Å². The molecular formula is C22H40N6O7. The molecule has 3 aliphatic rings. The molecule has 13 nitrogen and oxygen atoms in total. The minimum atomic E-state index is -1.53. The van der Waals surface area contributed by atoms with Crippen molar-refractivity contribution in [2.24, 2.45) is 5.92 Å². The number of amides is 5. The van der Waals surface area contributed by atoms with Crippen LogP contribution in [0.2, 0.25) is 0 Å². The van der Waals surface area contributed by atoms with Gasteiger partial charge >= 0.3 is 12.1 Å². The highest BCUT2D eigenvalue weighted by molar-refractivity contribution is 5.84. The normalized spacial score (nSPS) is 21.4. The summed E-state index contributed by atoms with van der Waals surface area (Å²) in [6.07, 6.45) is -1.53. The molecule has 3 saturated heterocycles. The number of rotatable bonds is 7. The smallest absolute Gasteiger partial charge is 0.339 e. The van der Waals surface area contributed by atoms with E-state index in [0.717, 1.165) is 18.1 Å². The van der Waals surface area contributed by atoms with Crippen LogP contribution in [-0.2, 0) is 19.0 Å². The first-order chi connectivity index (χ1) is 16.9. The predicted octanol–water partition coefficient (Wildman–Crippen LogP) is -1.47. The Morgan fingerprint density at radius 3 is 1.91 bits per heavy atom. The molecule has 35 heavy (non-hydrogen) atoms. The van der Waals surface area contributed by atoms with Crippen LogP contribution in [-0.4, -0.2) is 147 Å². The number of urea groups is 2. The van der Waals surface area contributed by atoms with Crippen molar-refractivity contribution in [2.75, 3.05) is 92.0 Å². The monoisotopic (exact) mass is 500 g/mol. The van der Waals surface area contributed by atoms with E-state index >= 15 is 0 Å². The zero-order valence-electron chi connectivity index (χ0n) is 20.8. The Bertz CT molecular complexity index is 694. The molecule has 3 heterocycles. The average Bonchev–Trinajstić information content (AvgIpc) is 2.89. The zero-order valence-corrected chi connectivity index (χ0v) is 20.8. The highest BCUT2D eigenvalue weighted by Gasteiger charge is 2.40. The van der Waals surface area contributed by atoms with Gasteiger partial charge in [-0.3, -0.25) is 9.69 Å². The third-order valence-corrected chi connectivity index (χ3v) is 6.41. The molecule has 3 fully saturated rings. The van der Waals surface area contributed by atoms with Crippen molar-refractivity contribution in [3.05, 3.63) is 0 Å².